The third kappa shape index (κ3) is 6.16. The first kappa shape index (κ1) is 11.4. The molecule has 0 aliphatic rings. The molecule has 0 aromatic carbocycles. The zero-order valence-corrected chi connectivity index (χ0v) is 8.15. The molecule has 0 rings (SSSR count). The first-order valence-electron chi connectivity index (χ1n) is 3.86. The molecule has 3 nitrogen and oxygen atoms in total. The summed E-state index contributed by atoms with van der Waals surface area (Å²) >= 11 is 5.59. The third-order valence-electron chi connectivity index (χ3n) is 1.43. The normalized spacial score (nSPS) is 12.2. The van der Waals surface area contributed by atoms with Crippen LogP contribution in [0.2, 0.25) is 0 Å². The van der Waals surface area contributed by atoms with Crippen LogP contribution in [-0.2, 0) is 9.59 Å². The topological polar surface area (TPSA) is 46.2 Å². The van der Waals surface area contributed by atoms with E-state index in [-0.39, 0.29) is 17.6 Å². The molecule has 1 atom stereocenters. The third-order valence-corrected chi connectivity index (χ3v) is 1.87. The number of nitrogens with one attached hydrogen (secondary N) is 1. The summed E-state index contributed by atoms with van der Waals surface area (Å²) in [7, 11) is 0. The number of ketones is 1. The second-order valence-electron chi connectivity index (χ2n) is 2.86. The Morgan fingerprint density at radius 2 is 2.00 bits per heavy atom. The first-order chi connectivity index (χ1) is 5.56. The number of hydrogen-bond acceptors (Lipinski definition) is 2. The van der Waals surface area contributed by atoms with Gasteiger partial charge in [-0.1, -0.05) is 0 Å². The van der Waals surface area contributed by atoms with Crippen molar-refractivity contribution in [2.75, 3.05) is 12.4 Å². The minimum atomic E-state index is -0.0892. The van der Waals surface area contributed by atoms with E-state index in [0.717, 1.165) is 0 Å². The van der Waals surface area contributed by atoms with E-state index in [4.69, 9.17) is 11.6 Å². The fourth-order valence-corrected chi connectivity index (χ4v) is 1.09. The Morgan fingerprint density at radius 3 is 2.33 bits per heavy atom. The summed E-state index contributed by atoms with van der Waals surface area (Å²) in [5.74, 6) is 0.479. The van der Waals surface area contributed by atoms with Gasteiger partial charge < -0.3 is 10.1 Å². The van der Waals surface area contributed by atoms with Gasteiger partial charge >= 0.3 is 0 Å². The molecule has 1 N–H and O–H groups in total. The van der Waals surface area contributed by atoms with Gasteiger partial charge in [-0.25, -0.2) is 0 Å². The predicted molar refractivity (Wildman–Crippen MR) is 48.2 cm³/mol. The molecule has 0 aromatic rings. The number of carbonyl (C=O) groups is 2. The van der Waals surface area contributed by atoms with E-state index < -0.39 is 0 Å². The Morgan fingerprint density at radius 1 is 1.42 bits per heavy atom. The molecule has 0 saturated carbocycles. The van der Waals surface area contributed by atoms with Crippen molar-refractivity contribution in [1.29, 1.82) is 0 Å². The average molecular weight is 192 g/mol. The molecule has 0 spiro atoms. The zero-order chi connectivity index (χ0) is 9.56. The van der Waals surface area contributed by atoms with E-state index in [1.807, 2.05) is 0 Å². The lowest BCUT2D eigenvalue weighted by Gasteiger charge is -2.11. The highest BCUT2D eigenvalue weighted by Gasteiger charge is 2.09. The molecule has 70 valence electrons. The molecule has 0 radical (unpaired) electrons. The average Bonchev–Trinajstić information content (AvgIpc) is 1.97. The lowest BCUT2D eigenvalue weighted by Crippen LogP contribution is -2.28. The Labute approximate surface area is 77.5 Å². The number of hydrogen-bond donors (Lipinski definition) is 1. The van der Waals surface area contributed by atoms with Crippen molar-refractivity contribution in [2.24, 2.45) is 5.92 Å². The molecule has 0 heterocycles. The molecule has 0 fully saturated rings. The second kappa shape index (κ2) is 6.00. The summed E-state index contributed by atoms with van der Waals surface area (Å²) in [5, 5.41) is 2.63. The maximum atomic E-state index is 10.7. The predicted octanol–water partition coefficient (Wildman–Crippen LogP) is 0.957. The highest BCUT2D eigenvalue weighted by Crippen LogP contribution is 2.04. The van der Waals surface area contributed by atoms with Crippen molar-refractivity contribution in [3.05, 3.63) is 0 Å². The van der Waals surface area contributed by atoms with Crippen LogP contribution in [0, 0.1) is 5.92 Å². The van der Waals surface area contributed by atoms with Gasteiger partial charge in [0.1, 0.15) is 5.78 Å². The number of alkyl halides is 1. The molecule has 4 heteroatoms. The Kier molecular flexibility index (Phi) is 5.72. The van der Waals surface area contributed by atoms with Gasteiger partial charge in [0, 0.05) is 25.8 Å². The Hall–Kier alpha value is -0.570. The van der Waals surface area contributed by atoms with Crippen molar-refractivity contribution in [2.45, 2.75) is 20.3 Å². The van der Waals surface area contributed by atoms with Crippen LogP contribution in [0.3, 0.4) is 0 Å². The summed E-state index contributed by atoms with van der Waals surface area (Å²) in [4.78, 5) is 21.2. The highest BCUT2D eigenvalue weighted by atomic mass is 35.5. The van der Waals surface area contributed by atoms with Crippen molar-refractivity contribution in [3.8, 4) is 0 Å². The van der Waals surface area contributed by atoms with Gasteiger partial charge in [-0.2, -0.15) is 0 Å². The smallest absolute Gasteiger partial charge is 0.216 e. The number of Topliss-reactive ketones (excluding diaryl/α,β-unsaturated/α-hetero) is 1. The van der Waals surface area contributed by atoms with Crippen LogP contribution >= 0.6 is 11.6 Å². The lowest BCUT2D eigenvalue weighted by atomic mass is 10.1. The summed E-state index contributed by atoms with van der Waals surface area (Å²) in [6, 6.07) is 0. The second-order valence-corrected chi connectivity index (χ2v) is 3.17. The highest BCUT2D eigenvalue weighted by molar-refractivity contribution is 6.18. The number of amides is 1. The fraction of sp³-hybridized carbons (Fsp3) is 0.750. The molecule has 0 aliphatic carbocycles. The van der Waals surface area contributed by atoms with Gasteiger partial charge in [0.15, 0.2) is 0 Å². The molecule has 1 amide bonds. The molecule has 1 unspecified atom stereocenters. The quantitative estimate of drug-likeness (QED) is 0.658. The number of rotatable bonds is 5. The van der Waals surface area contributed by atoms with Crippen molar-refractivity contribution in [3.63, 3.8) is 0 Å². The minimum absolute atomic E-state index is 0.0630. The van der Waals surface area contributed by atoms with Crippen LogP contribution in [0.1, 0.15) is 20.3 Å². The maximum Gasteiger partial charge on any atom is 0.216 e. The fourth-order valence-electron chi connectivity index (χ4n) is 0.876. The summed E-state index contributed by atoms with van der Waals surface area (Å²) < 4.78 is 0. The number of halogens is 1. The molecule has 0 bridgehead atoms. The standard InChI is InChI=1S/C8H14ClNO2/c1-6(11)3-8(4-9)5-10-7(2)12/h8H,3-5H2,1-2H3,(H,10,12). The first-order valence-corrected chi connectivity index (χ1v) is 4.39. The van der Waals surface area contributed by atoms with E-state index in [0.29, 0.717) is 18.8 Å². The van der Waals surface area contributed by atoms with E-state index in [2.05, 4.69) is 5.32 Å². The van der Waals surface area contributed by atoms with E-state index in [9.17, 15) is 9.59 Å². The van der Waals surface area contributed by atoms with Gasteiger partial charge in [0.2, 0.25) is 5.91 Å². The van der Waals surface area contributed by atoms with Crippen molar-refractivity contribution >= 4 is 23.3 Å². The van der Waals surface area contributed by atoms with Crippen LogP contribution in [0.5, 0.6) is 0 Å². The van der Waals surface area contributed by atoms with Crippen molar-refractivity contribution in [1.82, 2.24) is 5.32 Å². The maximum absolute atomic E-state index is 10.7. The largest absolute Gasteiger partial charge is 0.356 e. The Balaban J connectivity index is 3.67. The van der Waals surface area contributed by atoms with Gasteiger partial charge in [0.05, 0.1) is 0 Å². The lowest BCUT2D eigenvalue weighted by molar-refractivity contribution is -0.120. The van der Waals surface area contributed by atoms with Gasteiger partial charge in [-0.15, -0.1) is 11.6 Å². The van der Waals surface area contributed by atoms with Crippen molar-refractivity contribution < 1.29 is 9.59 Å². The summed E-state index contributed by atoms with van der Waals surface area (Å²) in [6.07, 6.45) is 0.434. The van der Waals surface area contributed by atoms with Gasteiger partial charge in [-0.3, -0.25) is 4.79 Å². The van der Waals surface area contributed by atoms with Crippen LogP contribution < -0.4 is 5.32 Å². The molecular weight excluding hydrogens is 178 g/mol. The van der Waals surface area contributed by atoms with Crippen LogP contribution in [0.25, 0.3) is 0 Å². The molecule has 0 aliphatic heterocycles. The summed E-state index contributed by atoms with van der Waals surface area (Å²) in [6.45, 7) is 3.45. The van der Waals surface area contributed by atoms with E-state index in [1.165, 1.54) is 13.8 Å². The monoisotopic (exact) mass is 191 g/mol. The summed E-state index contributed by atoms with van der Waals surface area (Å²) in [5.41, 5.74) is 0. The zero-order valence-electron chi connectivity index (χ0n) is 7.39. The minimum Gasteiger partial charge on any atom is -0.356 e. The molecule has 0 saturated heterocycles. The van der Waals surface area contributed by atoms with E-state index in [1.54, 1.807) is 0 Å². The SMILES string of the molecule is CC(=O)CC(CCl)CNC(C)=O. The molecule has 0 aromatic heterocycles. The van der Waals surface area contributed by atoms with Gasteiger partial charge in [0.25, 0.3) is 0 Å². The van der Waals surface area contributed by atoms with E-state index >= 15 is 0 Å². The van der Waals surface area contributed by atoms with Crippen LogP contribution in [0.15, 0.2) is 0 Å². The molecular formula is C8H14ClNO2. The van der Waals surface area contributed by atoms with Crippen LogP contribution in [-0.4, -0.2) is 24.1 Å². The van der Waals surface area contributed by atoms with Gasteiger partial charge in [-0.05, 0) is 12.8 Å². The van der Waals surface area contributed by atoms with Crippen LogP contribution in [0.4, 0.5) is 0 Å². The number of carbonyl (C=O) groups excluding carboxylic acids is 2. The molecule has 12 heavy (non-hydrogen) atoms. The Bertz CT molecular complexity index is 170.